The van der Waals surface area contributed by atoms with Gasteiger partial charge < -0.3 is 20.3 Å². The molecule has 0 fully saturated rings. The van der Waals surface area contributed by atoms with Crippen molar-refractivity contribution in [1.29, 1.82) is 0 Å². The van der Waals surface area contributed by atoms with Gasteiger partial charge in [0, 0.05) is 6.42 Å². The van der Waals surface area contributed by atoms with E-state index in [1.54, 1.807) is 14.0 Å². The van der Waals surface area contributed by atoms with Crippen molar-refractivity contribution >= 4 is 5.91 Å². The van der Waals surface area contributed by atoms with E-state index in [0.717, 1.165) is 11.3 Å². The summed E-state index contributed by atoms with van der Waals surface area (Å²) in [4.78, 5) is 11.8. The minimum Gasteiger partial charge on any atom is -0.496 e. The van der Waals surface area contributed by atoms with Crippen molar-refractivity contribution in [3.05, 3.63) is 29.8 Å². The first-order chi connectivity index (χ1) is 9.04. The van der Waals surface area contributed by atoms with Crippen molar-refractivity contribution in [2.75, 3.05) is 20.3 Å². The van der Waals surface area contributed by atoms with E-state index in [1.807, 2.05) is 24.3 Å². The van der Waals surface area contributed by atoms with E-state index in [1.165, 1.54) is 0 Å². The number of methoxy groups -OCH3 is 1. The molecule has 1 aromatic rings. The molecule has 1 aromatic carbocycles. The number of carbonyl (C=O) groups excluding carboxylic acids is 1. The van der Waals surface area contributed by atoms with E-state index in [9.17, 15) is 4.79 Å². The van der Waals surface area contributed by atoms with Crippen LogP contribution in [-0.2, 0) is 11.2 Å². The molecule has 0 spiro atoms. The minimum absolute atomic E-state index is 0.212. The third-order valence-corrected chi connectivity index (χ3v) is 2.95. The van der Waals surface area contributed by atoms with Crippen LogP contribution in [0, 0.1) is 0 Å². The fourth-order valence-electron chi connectivity index (χ4n) is 1.69. The number of carbonyl (C=O) groups is 1. The van der Waals surface area contributed by atoms with Gasteiger partial charge in [-0.25, -0.2) is 0 Å². The molecular formula is C14H21NO4. The maximum absolute atomic E-state index is 11.8. The van der Waals surface area contributed by atoms with Gasteiger partial charge in [-0.15, -0.1) is 0 Å². The summed E-state index contributed by atoms with van der Waals surface area (Å²) in [6, 6.07) is 7.51. The van der Waals surface area contributed by atoms with Crippen molar-refractivity contribution in [3.63, 3.8) is 0 Å². The van der Waals surface area contributed by atoms with Crippen LogP contribution in [0.15, 0.2) is 24.3 Å². The third-order valence-electron chi connectivity index (χ3n) is 2.95. The van der Waals surface area contributed by atoms with Gasteiger partial charge in [-0.05, 0) is 25.0 Å². The maximum atomic E-state index is 11.8. The zero-order chi connectivity index (χ0) is 14.3. The van der Waals surface area contributed by atoms with Gasteiger partial charge in [0.2, 0.25) is 5.91 Å². The molecule has 0 saturated carbocycles. The smallest absolute Gasteiger partial charge is 0.220 e. The standard InChI is InChI=1S/C14H21NO4/c1-14(9-16,10-17)15-13(18)8-7-11-5-3-4-6-12(11)19-2/h3-6,16-17H,7-10H2,1-2H3,(H,15,18). The number of hydrogen-bond acceptors (Lipinski definition) is 4. The lowest BCUT2D eigenvalue weighted by atomic mass is 10.0. The Labute approximate surface area is 113 Å². The molecule has 0 heterocycles. The predicted octanol–water partition coefficient (Wildman–Crippen LogP) is 0.487. The van der Waals surface area contributed by atoms with E-state index >= 15 is 0 Å². The van der Waals surface area contributed by atoms with Crippen LogP contribution in [0.1, 0.15) is 18.9 Å². The Bertz CT molecular complexity index is 416. The molecule has 106 valence electrons. The average molecular weight is 267 g/mol. The van der Waals surface area contributed by atoms with Gasteiger partial charge in [-0.2, -0.15) is 0 Å². The van der Waals surface area contributed by atoms with Crippen LogP contribution in [0.25, 0.3) is 0 Å². The van der Waals surface area contributed by atoms with E-state index < -0.39 is 5.54 Å². The van der Waals surface area contributed by atoms with E-state index in [4.69, 9.17) is 14.9 Å². The molecule has 0 aromatic heterocycles. The molecule has 0 aliphatic rings. The second kappa shape index (κ2) is 7.11. The first-order valence-corrected chi connectivity index (χ1v) is 6.19. The van der Waals surface area contributed by atoms with Gasteiger partial charge >= 0.3 is 0 Å². The molecule has 1 rings (SSSR count). The van der Waals surface area contributed by atoms with Crippen molar-refractivity contribution in [2.24, 2.45) is 0 Å². The Morgan fingerprint density at radius 2 is 1.95 bits per heavy atom. The first-order valence-electron chi connectivity index (χ1n) is 6.19. The average Bonchev–Trinajstić information content (AvgIpc) is 2.45. The van der Waals surface area contributed by atoms with Gasteiger partial charge in [-0.1, -0.05) is 18.2 Å². The summed E-state index contributed by atoms with van der Waals surface area (Å²) in [7, 11) is 1.59. The van der Waals surface area contributed by atoms with Gasteiger partial charge in [0.05, 0.1) is 25.9 Å². The second-order valence-corrected chi connectivity index (χ2v) is 4.74. The van der Waals surface area contributed by atoms with Crippen molar-refractivity contribution in [3.8, 4) is 5.75 Å². The SMILES string of the molecule is COc1ccccc1CCC(=O)NC(C)(CO)CO. The lowest BCUT2D eigenvalue weighted by Crippen LogP contribution is -2.51. The molecule has 0 saturated heterocycles. The summed E-state index contributed by atoms with van der Waals surface area (Å²) < 4.78 is 5.21. The summed E-state index contributed by atoms with van der Waals surface area (Å²) in [5, 5.41) is 20.8. The number of rotatable bonds is 7. The summed E-state index contributed by atoms with van der Waals surface area (Å²) in [6.45, 7) is 0.988. The zero-order valence-electron chi connectivity index (χ0n) is 11.3. The molecule has 0 aliphatic heterocycles. The van der Waals surface area contributed by atoms with Crippen molar-refractivity contribution in [2.45, 2.75) is 25.3 Å². The highest BCUT2D eigenvalue weighted by Crippen LogP contribution is 2.18. The fourth-order valence-corrected chi connectivity index (χ4v) is 1.69. The molecule has 0 aliphatic carbocycles. The minimum atomic E-state index is -0.974. The topological polar surface area (TPSA) is 78.8 Å². The fraction of sp³-hybridized carbons (Fsp3) is 0.500. The maximum Gasteiger partial charge on any atom is 0.220 e. The summed E-state index contributed by atoms with van der Waals surface area (Å²) in [5.74, 6) is 0.541. The largest absolute Gasteiger partial charge is 0.496 e. The summed E-state index contributed by atoms with van der Waals surface area (Å²) >= 11 is 0. The van der Waals surface area contributed by atoms with Crippen LogP contribution in [0.4, 0.5) is 0 Å². The number of aryl methyl sites for hydroxylation is 1. The Morgan fingerprint density at radius 3 is 2.53 bits per heavy atom. The molecule has 1 amide bonds. The van der Waals surface area contributed by atoms with Crippen LogP contribution < -0.4 is 10.1 Å². The Balaban J connectivity index is 2.55. The summed E-state index contributed by atoms with van der Waals surface area (Å²) in [6.07, 6.45) is 0.818. The van der Waals surface area contributed by atoms with Gasteiger partial charge in [-0.3, -0.25) is 4.79 Å². The van der Waals surface area contributed by atoms with Crippen LogP contribution in [0.2, 0.25) is 0 Å². The van der Waals surface area contributed by atoms with Crippen LogP contribution in [-0.4, -0.2) is 42.0 Å². The van der Waals surface area contributed by atoms with E-state index in [2.05, 4.69) is 5.32 Å². The van der Waals surface area contributed by atoms with Gasteiger partial charge in [0.15, 0.2) is 0 Å². The predicted molar refractivity (Wildman–Crippen MR) is 72.0 cm³/mol. The molecule has 19 heavy (non-hydrogen) atoms. The highest BCUT2D eigenvalue weighted by molar-refractivity contribution is 5.77. The Kier molecular flexibility index (Phi) is 5.79. The number of aliphatic hydroxyl groups is 2. The molecule has 0 bridgehead atoms. The zero-order valence-corrected chi connectivity index (χ0v) is 11.3. The first kappa shape index (κ1) is 15.5. The highest BCUT2D eigenvalue weighted by Gasteiger charge is 2.24. The van der Waals surface area contributed by atoms with Crippen LogP contribution in [0.5, 0.6) is 5.75 Å². The molecule has 0 radical (unpaired) electrons. The normalized spacial score (nSPS) is 11.2. The quantitative estimate of drug-likeness (QED) is 0.671. The molecular weight excluding hydrogens is 246 g/mol. The number of ether oxygens (including phenoxy) is 1. The number of nitrogens with one attached hydrogen (secondary N) is 1. The Morgan fingerprint density at radius 1 is 1.32 bits per heavy atom. The summed E-state index contributed by atoms with van der Waals surface area (Å²) in [5.41, 5.74) is -0.0208. The third kappa shape index (κ3) is 4.54. The lowest BCUT2D eigenvalue weighted by Gasteiger charge is -2.26. The van der Waals surface area contributed by atoms with Gasteiger partial charge in [0.25, 0.3) is 0 Å². The molecule has 3 N–H and O–H groups in total. The number of hydrogen-bond donors (Lipinski definition) is 3. The molecule has 0 atom stereocenters. The van der Waals surface area contributed by atoms with Gasteiger partial charge in [0.1, 0.15) is 5.75 Å². The Hall–Kier alpha value is -1.59. The second-order valence-electron chi connectivity index (χ2n) is 4.74. The van der Waals surface area contributed by atoms with E-state index in [0.29, 0.717) is 6.42 Å². The number of para-hydroxylation sites is 1. The van der Waals surface area contributed by atoms with Crippen LogP contribution >= 0.6 is 0 Å². The lowest BCUT2D eigenvalue weighted by molar-refractivity contribution is -0.124. The van der Waals surface area contributed by atoms with Crippen LogP contribution in [0.3, 0.4) is 0 Å². The number of aliphatic hydroxyl groups excluding tert-OH is 2. The number of benzene rings is 1. The highest BCUT2D eigenvalue weighted by atomic mass is 16.5. The van der Waals surface area contributed by atoms with Crippen molar-refractivity contribution in [1.82, 2.24) is 5.32 Å². The van der Waals surface area contributed by atoms with Crippen molar-refractivity contribution < 1.29 is 19.7 Å². The molecule has 0 unspecified atom stereocenters. The molecule has 5 nitrogen and oxygen atoms in total. The monoisotopic (exact) mass is 267 g/mol. The molecule has 5 heteroatoms. The van der Waals surface area contributed by atoms with E-state index in [-0.39, 0.29) is 25.5 Å². The number of amides is 1.